The molecule has 1 heterocycles. The average Bonchev–Trinajstić information content (AvgIpc) is 2.82. The van der Waals surface area contributed by atoms with Crippen LogP contribution in [0, 0.1) is 17.8 Å². The second kappa shape index (κ2) is 4.56. The van der Waals surface area contributed by atoms with Crippen LogP contribution in [0.25, 0.3) is 0 Å². The van der Waals surface area contributed by atoms with Crippen LogP contribution in [0.2, 0.25) is 0 Å². The van der Waals surface area contributed by atoms with Gasteiger partial charge in [0.05, 0.1) is 11.4 Å². The first-order valence-electron chi connectivity index (χ1n) is 8.87. The second-order valence-electron chi connectivity index (χ2n) is 7.85. The molecule has 1 spiro atoms. The van der Waals surface area contributed by atoms with E-state index in [2.05, 4.69) is 33.0 Å². The van der Waals surface area contributed by atoms with Crippen LogP contribution >= 0.6 is 0 Å². The van der Waals surface area contributed by atoms with Gasteiger partial charge in [-0.15, -0.1) is 0 Å². The molecule has 0 aromatic carbocycles. The van der Waals surface area contributed by atoms with Crippen molar-refractivity contribution < 1.29 is 4.79 Å². The summed E-state index contributed by atoms with van der Waals surface area (Å²) in [5.41, 5.74) is 5.34. The molecule has 4 rings (SSSR count). The fraction of sp³-hybridized carbons (Fsp3) is 0.684. The van der Waals surface area contributed by atoms with Crippen LogP contribution in [0.15, 0.2) is 27.4 Å². The zero-order valence-corrected chi connectivity index (χ0v) is 14.1. The van der Waals surface area contributed by atoms with Gasteiger partial charge in [0.25, 0.3) is 0 Å². The monoisotopic (exact) mass is 298 g/mol. The molecule has 2 atom stereocenters. The molecular weight excluding hydrogens is 272 g/mol. The van der Waals surface area contributed by atoms with Crippen LogP contribution in [-0.2, 0) is 4.79 Å². The van der Waals surface area contributed by atoms with Gasteiger partial charge >= 0.3 is 0 Å². The predicted molar refractivity (Wildman–Crippen MR) is 88.6 cm³/mol. The van der Waals surface area contributed by atoms with Gasteiger partial charge in [0.2, 0.25) is 0 Å². The van der Waals surface area contributed by atoms with Crippen LogP contribution in [0.3, 0.4) is 0 Å². The summed E-state index contributed by atoms with van der Waals surface area (Å²) in [6.45, 7) is 8.68. The predicted octanol–water partition coefficient (Wildman–Crippen LogP) is 3.77. The summed E-state index contributed by atoms with van der Waals surface area (Å²) in [4.78, 5) is 18.2. The maximum atomic E-state index is 13.0. The number of nitrogens with one attached hydrogen (secondary N) is 1. The highest BCUT2D eigenvalue weighted by Gasteiger charge is 2.51. The van der Waals surface area contributed by atoms with Crippen molar-refractivity contribution in [2.24, 2.45) is 22.7 Å². The Balaban J connectivity index is 1.86. The topological polar surface area (TPSA) is 41.5 Å². The van der Waals surface area contributed by atoms with E-state index >= 15 is 0 Å². The van der Waals surface area contributed by atoms with Crippen molar-refractivity contribution in [2.75, 3.05) is 0 Å². The van der Waals surface area contributed by atoms with Crippen LogP contribution in [0.4, 0.5) is 0 Å². The Bertz CT molecular complexity index is 644. The van der Waals surface area contributed by atoms with Gasteiger partial charge in [-0.3, -0.25) is 9.79 Å². The second-order valence-corrected chi connectivity index (χ2v) is 7.85. The zero-order valence-electron chi connectivity index (χ0n) is 14.1. The molecule has 0 unspecified atom stereocenters. The minimum Gasteiger partial charge on any atom is -0.359 e. The number of hydrogen-bond acceptors (Lipinski definition) is 3. The van der Waals surface area contributed by atoms with E-state index < -0.39 is 0 Å². The Morgan fingerprint density at radius 1 is 1.09 bits per heavy atom. The van der Waals surface area contributed by atoms with E-state index in [1.165, 1.54) is 24.8 Å². The maximum Gasteiger partial charge on any atom is 0.188 e. The molecule has 3 nitrogen and oxygen atoms in total. The molecule has 3 aliphatic carbocycles. The largest absolute Gasteiger partial charge is 0.359 e. The summed E-state index contributed by atoms with van der Waals surface area (Å²) < 4.78 is 0. The van der Waals surface area contributed by atoms with E-state index in [-0.39, 0.29) is 17.4 Å². The molecule has 0 saturated heterocycles. The zero-order chi connectivity index (χ0) is 15.6. The summed E-state index contributed by atoms with van der Waals surface area (Å²) in [6.07, 6.45) is 5.99. The van der Waals surface area contributed by atoms with Crippen LogP contribution < -0.4 is 5.32 Å². The number of carbonyl (C=O) groups is 1. The fourth-order valence-electron chi connectivity index (χ4n) is 4.73. The lowest BCUT2D eigenvalue weighted by atomic mass is 9.62. The number of aliphatic imine (C=N–C) groups is 1. The molecule has 0 aromatic heterocycles. The molecule has 0 amide bonds. The lowest BCUT2D eigenvalue weighted by Gasteiger charge is -2.41. The molecule has 22 heavy (non-hydrogen) atoms. The summed E-state index contributed by atoms with van der Waals surface area (Å²) in [5.74, 6) is 1.37. The number of nitrogens with zero attached hydrogens (tertiary/aromatic N) is 1. The summed E-state index contributed by atoms with van der Waals surface area (Å²) >= 11 is 0. The van der Waals surface area contributed by atoms with E-state index in [9.17, 15) is 4.79 Å². The highest BCUT2D eigenvalue weighted by Crippen LogP contribution is 2.50. The Kier molecular flexibility index (Phi) is 2.95. The quantitative estimate of drug-likeness (QED) is 0.749. The normalized spacial score (nSPS) is 32.8. The molecule has 4 aliphatic rings. The average molecular weight is 298 g/mol. The molecule has 0 aromatic rings. The van der Waals surface area contributed by atoms with Crippen molar-refractivity contribution in [2.45, 2.75) is 65.5 Å². The van der Waals surface area contributed by atoms with Gasteiger partial charge in [-0.25, -0.2) is 0 Å². The first-order valence-corrected chi connectivity index (χ1v) is 8.87. The third-order valence-electron chi connectivity index (χ3n) is 6.14. The van der Waals surface area contributed by atoms with Gasteiger partial charge in [-0.05, 0) is 49.0 Å². The van der Waals surface area contributed by atoms with Crippen molar-refractivity contribution in [1.29, 1.82) is 0 Å². The molecule has 1 aliphatic heterocycles. The van der Waals surface area contributed by atoms with E-state index in [4.69, 9.17) is 4.99 Å². The number of Topliss-reactive ketones (excluding diaryl/α,β-unsaturated/α-hetero) is 1. The molecule has 118 valence electrons. The number of rotatable bonds is 1. The van der Waals surface area contributed by atoms with Gasteiger partial charge in [-0.2, -0.15) is 0 Å². The number of fused-ring (bicyclic) bond motifs is 2. The van der Waals surface area contributed by atoms with E-state index in [1.807, 2.05) is 0 Å². The third kappa shape index (κ3) is 1.68. The Morgan fingerprint density at radius 2 is 1.73 bits per heavy atom. The van der Waals surface area contributed by atoms with E-state index in [0.717, 1.165) is 35.4 Å². The van der Waals surface area contributed by atoms with Gasteiger partial charge in [0.1, 0.15) is 5.66 Å². The fourth-order valence-corrected chi connectivity index (χ4v) is 4.73. The summed E-state index contributed by atoms with van der Waals surface area (Å²) in [6, 6.07) is 0. The van der Waals surface area contributed by atoms with E-state index in [1.54, 1.807) is 0 Å². The third-order valence-corrected chi connectivity index (χ3v) is 6.14. The highest BCUT2D eigenvalue weighted by molar-refractivity contribution is 6.29. The van der Waals surface area contributed by atoms with Gasteiger partial charge < -0.3 is 5.32 Å². The molecule has 1 N–H and O–H groups in total. The van der Waals surface area contributed by atoms with Gasteiger partial charge in [0.15, 0.2) is 5.78 Å². The molecule has 1 saturated carbocycles. The molecule has 0 bridgehead atoms. The number of ketones is 1. The smallest absolute Gasteiger partial charge is 0.188 e. The summed E-state index contributed by atoms with van der Waals surface area (Å²) in [7, 11) is 0. The van der Waals surface area contributed by atoms with Gasteiger partial charge in [0, 0.05) is 11.1 Å². The number of carbonyl (C=O) groups excluding carboxylic acids is 1. The van der Waals surface area contributed by atoms with Crippen molar-refractivity contribution in [3.05, 3.63) is 22.4 Å². The highest BCUT2D eigenvalue weighted by atomic mass is 16.1. The lowest BCUT2D eigenvalue weighted by Crippen LogP contribution is -2.44. The van der Waals surface area contributed by atoms with Crippen LogP contribution in [-0.4, -0.2) is 17.2 Å². The Hall–Kier alpha value is -1.38. The SMILES string of the molecule is CC(C)C1=C2NC3(CCCCC3)N=C2C2=C(C1=O)[C@H](C)[C@@H]2C. The molecule has 0 radical (unpaired) electrons. The van der Waals surface area contributed by atoms with Crippen LogP contribution in [0.5, 0.6) is 0 Å². The molecule has 1 fully saturated rings. The standard InChI is InChI=1S/C19H26N2O/c1-10(2)13-16-17(14-11(3)12(4)15(14)18(13)22)21-19(20-16)8-6-5-7-9-19/h10-12,20H,5-9H2,1-4H3/t11-,12+/m0/s1. The molecular formula is C19H26N2O. The minimum absolute atomic E-state index is 0.121. The molecule has 3 heteroatoms. The van der Waals surface area contributed by atoms with Crippen molar-refractivity contribution in [3.8, 4) is 0 Å². The Morgan fingerprint density at radius 3 is 2.36 bits per heavy atom. The van der Waals surface area contributed by atoms with Crippen LogP contribution in [0.1, 0.15) is 59.8 Å². The summed E-state index contributed by atoms with van der Waals surface area (Å²) in [5, 5.41) is 3.71. The lowest BCUT2D eigenvalue weighted by molar-refractivity contribution is -0.113. The number of allylic oxidation sites excluding steroid dienone is 3. The Labute approximate surface area is 133 Å². The maximum absolute atomic E-state index is 13.0. The first-order chi connectivity index (χ1) is 10.5. The number of hydrogen-bond donors (Lipinski definition) is 1. The van der Waals surface area contributed by atoms with Crippen molar-refractivity contribution in [1.82, 2.24) is 5.32 Å². The van der Waals surface area contributed by atoms with E-state index in [0.29, 0.717) is 11.8 Å². The van der Waals surface area contributed by atoms with Crippen molar-refractivity contribution in [3.63, 3.8) is 0 Å². The van der Waals surface area contributed by atoms with Gasteiger partial charge in [-0.1, -0.05) is 34.1 Å². The van der Waals surface area contributed by atoms with Crippen molar-refractivity contribution >= 4 is 11.5 Å². The minimum atomic E-state index is -0.121. The first kappa shape index (κ1) is 14.2.